The number of benzene rings is 3. The van der Waals surface area contributed by atoms with Gasteiger partial charge >= 0.3 is 0 Å². The molecule has 1 aliphatic heterocycles. The van der Waals surface area contributed by atoms with Crippen LogP contribution in [0.2, 0.25) is 0 Å². The van der Waals surface area contributed by atoms with E-state index < -0.39 is 0 Å². The van der Waals surface area contributed by atoms with Crippen molar-refractivity contribution in [2.24, 2.45) is 0 Å². The number of hydrogen-bond donors (Lipinski definition) is 3. The van der Waals surface area contributed by atoms with Crippen molar-refractivity contribution < 1.29 is 23.7 Å². The number of amides is 1. The summed E-state index contributed by atoms with van der Waals surface area (Å²) in [5.41, 5.74) is 4.00. The molecule has 0 bridgehead atoms. The first-order valence-corrected chi connectivity index (χ1v) is 14.9. The third-order valence-corrected chi connectivity index (χ3v) is 7.15. The molecule has 0 radical (unpaired) electrons. The lowest BCUT2D eigenvalue weighted by atomic mass is 10.0. The summed E-state index contributed by atoms with van der Waals surface area (Å²) in [6.07, 6.45) is 0.915. The van der Waals surface area contributed by atoms with Gasteiger partial charge in [0.1, 0.15) is 0 Å². The smallest absolute Gasteiger partial charge is 0.251 e. The Bertz CT molecular complexity index is 1540. The van der Waals surface area contributed by atoms with Crippen LogP contribution < -0.4 is 30.3 Å². The molecule has 12 nitrogen and oxygen atoms in total. The van der Waals surface area contributed by atoms with Crippen LogP contribution in [0.3, 0.4) is 0 Å². The van der Waals surface area contributed by atoms with Gasteiger partial charge in [-0.15, -0.1) is 0 Å². The maximum absolute atomic E-state index is 12.1. The molecule has 0 fully saturated rings. The Hall–Kier alpha value is -4.94. The van der Waals surface area contributed by atoms with Crippen LogP contribution in [0.5, 0.6) is 11.5 Å². The molecule has 1 aliphatic rings. The summed E-state index contributed by atoms with van der Waals surface area (Å²) in [5.74, 6) is 2.54. The normalized spacial score (nSPS) is 12.3. The molecule has 12 heteroatoms. The number of hydrogen-bond acceptors (Lipinski definition) is 11. The molecule has 5 rings (SSSR count). The van der Waals surface area contributed by atoms with Crippen molar-refractivity contribution in [2.75, 3.05) is 75.8 Å². The highest BCUT2D eigenvalue weighted by Crippen LogP contribution is 2.31. The predicted molar refractivity (Wildman–Crippen MR) is 173 cm³/mol. The average Bonchev–Trinajstić information content (AvgIpc) is 3.09. The zero-order chi connectivity index (χ0) is 31.3. The minimum absolute atomic E-state index is 0.116. The number of carbonyl (C=O) groups is 1. The zero-order valence-electron chi connectivity index (χ0n) is 25.6. The van der Waals surface area contributed by atoms with E-state index in [1.165, 1.54) is 11.1 Å². The molecule has 3 aromatic carbocycles. The van der Waals surface area contributed by atoms with Crippen molar-refractivity contribution >= 4 is 29.4 Å². The molecule has 0 atom stereocenters. The molecule has 236 valence electrons. The van der Waals surface area contributed by atoms with Crippen LogP contribution in [0, 0.1) is 0 Å². The Morgan fingerprint density at radius 3 is 2.27 bits per heavy atom. The van der Waals surface area contributed by atoms with Gasteiger partial charge in [0.15, 0.2) is 11.5 Å². The van der Waals surface area contributed by atoms with Crippen LogP contribution in [-0.4, -0.2) is 81.1 Å². The zero-order valence-corrected chi connectivity index (χ0v) is 25.6. The van der Waals surface area contributed by atoms with Crippen molar-refractivity contribution in [1.82, 2.24) is 20.3 Å². The molecule has 1 amide bonds. The maximum atomic E-state index is 12.1. The fraction of sp³-hybridized carbons (Fsp3) is 0.333. The van der Waals surface area contributed by atoms with Crippen LogP contribution in [0.25, 0.3) is 0 Å². The van der Waals surface area contributed by atoms with Crippen molar-refractivity contribution in [2.45, 2.75) is 13.0 Å². The van der Waals surface area contributed by atoms with Gasteiger partial charge in [0.05, 0.1) is 40.6 Å². The minimum Gasteiger partial charge on any atom is -0.493 e. The fourth-order valence-corrected chi connectivity index (χ4v) is 4.84. The van der Waals surface area contributed by atoms with Crippen molar-refractivity contribution in [3.63, 3.8) is 0 Å². The number of nitrogens with one attached hydrogen (secondary N) is 3. The van der Waals surface area contributed by atoms with Gasteiger partial charge < -0.3 is 39.8 Å². The Morgan fingerprint density at radius 2 is 1.49 bits per heavy atom. The van der Waals surface area contributed by atoms with Gasteiger partial charge in [-0.25, -0.2) is 0 Å². The Morgan fingerprint density at radius 1 is 0.778 bits per heavy atom. The van der Waals surface area contributed by atoms with Gasteiger partial charge in [-0.2, -0.15) is 15.0 Å². The van der Waals surface area contributed by atoms with Crippen molar-refractivity contribution in [3.05, 3.63) is 89.5 Å². The van der Waals surface area contributed by atoms with Gasteiger partial charge in [0.25, 0.3) is 5.91 Å². The summed E-state index contributed by atoms with van der Waals surface area (Å²) < 4.78 is 22.1. The van der Waals surface area contributed by atoms with Gasteiger partial charge in [-0.05, 0) is 41.8 Å². The van der Waals surface area contributed by atoms with E-state index in [0.29, 0.717) is 81.0 Å². The maximum Gasteiger partial charge on any atom is 0.251 e. The highest BCUT2D eigenvalue weighted by atomic mass is 16.5. The van der Waals surface area contributed by atoms with E-state index in [1.54, 1.807) is 26.4 Å². The summed E-state index contributed by atoms with van der Waals surface area (Å²) in [6.45, 7) is 4.14. The largest absolute Gasteiger partial charge is 0.493 e. The second-order valence-corrected chi connectivity index (χ2v) is 10.2. The van der Waals surface area contributed by atoms with Crippen LogP contribution >= 0.6 is 0 Å². The van der Waals surface area contributed by atoms with E-state index in [2.05, 4.69) is 50.1 Å². The van der Waals surface area contributed by atoms with Crippen molar-refractivity contribution in [1.29, 1.82) is 0 Å². The fourth-order valence-electron chi connectivity index (χ4n) is 4.84. The van der Waals surface area contributed by atoms with E-state index in [1.807, 2.05) is 36.4 Å². The number of rotatable bonds is 16. The summed E-state index contributed by atoms with van der Waals surface area (Å²) in [5, 5.41) is 9.38. The molecular formula is C33H39N7O5. The molecule has 2 heterocycles. The molecule has 0 aliphatic carbocycles. The van der Waals surface area contributed by atoms with Crippen LogP contribution in [0.4, 0.5) is 23.5 Å². The Kier molecular flexibility index (Phi) is 11.3. The van der Waals surface area contributed by atoms with E-state index in [-0.39, 0.29) is 5.91 Å². The average molecular weight is 614 g/mol. The Labute approximate surface area is 263 Å². The first kappa shape index (κ1) is 31.5. The van der Waals surface area contributed by atoms with Gasteiger partial charge in [0, 0.05) is 43.5 Å². The van der Waals surface area contributed by atoms with Crippen LogP contribution in [0.15, 0.2) is 72.8 Å². The standard InChI is InChI=1S/C33H39N7O5/c1-42-28-13-12-27(22-29(28)43-2)36-32-37-31(38-33(39-32)40-17-14-24-8-6-7-11-26(24)23-40)35-16-19-45-21-20-44-18-15-34-30(41)25-9-4-3-5-10-25/h3-13,22H,14-21,23H2,1-2H3,(H,34,41)(H2,35,36,37,38,39). The predicted octanol–water partition coefficient (Wildman–Crippen LogP) is 4.07. The van der Waals surface area contributed by atoms with Gasteiger partial charge in [-0.1, -0.05) is 42.5 Å². The lowest BCUT2D eigenvalue weighted by Crippen LogP contribution is -2.32. The molecule has 45 heavy (non-hydrogen) atoms. The molecule has 3 N–H and O–H groups in total. The molecule has 0 spiro atoms. The molecule has 1 aromatic heterocycles. The quantitative estimate of drug-likeness (QED) is 0.158. The van der Waals surface area contributed by atoms with Crippen molar-refractivity contribution in [3.8, 4) is 11.5 Å². The second kappa shape index (κ2) is 16.2. The highest BCUT2D eigenvalue weighted by Gasteiger charge is 2.20. The first-order chi connectivity index (χ1) is 22.1. The van der Waals surface area contributed by atoms with E-state index in [0.717, 1.165) is 18.7 Å². The molecule has 4 aromatic rings. The third-order valence-electron chi connectivity index (χ3n) is 7.15. The second-order valence-electron chi connectivity index (χ2n) is 10.2. The third kappa shape index (κ3) is 9.03. The highest BCUT2D eigenvalue weighted by molar-refractivity contribution is 5.94. The van der Waals surface area contributed by atoms with Gasteiger partial charge in [-0.3, -0.25) is 4.79 Å². The summed E-state index contributed by atoms with van der Waals surface area (Å²) in [6, 6.07) is 23.1. The SMILES string of the molecule is COc1ccc(Nc2nc(NCCOCCOCCNC(=O)c3ccccc3)nc(N3CCc4ccccc4C3)n2)cc1OC. The number of carbonyl (C=O) groups excluding carboxylic acids is 1. The summed E-state index contributed by atoms with van der Waals surface area (Å²) >= 11 is 0. The minimum atomic E-state index is -0.116. The summed E-state index contributed by atoms with van der Waals surface area (Å²) in [4.78, 5) is 28.3. The summed E-state index contributed by atoms with van der Waals surface area (Å²) in [7, 11) is 3.20. The molecular weight excluding hydrogens is 574 g/mol. The number of aromatic nitrogens is 3. The topological polar surface area (TPSA) is 132 Å². The van der Waals surface area contributed by atoms with E-state index in [9.17, 15) is 4.79 Å². The number of nitrogens with zero attached hydrogens (tertiary/aromatic N) is 4. The number of anilines is 4. The van der Waals surface area contributed by atoms with Gasteiger partial charge in [0.2, 0.25) is 17.8 Å². The van der Waals surface area contributed by atoms with Crippen LogP contribution in [0.1, 0.15) is 21.5 Å². The lowest BCUT2D eigenvalue weighted by Gasteiger charge is -2.29. The Balaban J connectivity index is 1.12. The van der Waals surface area contributed by atoms with Crippen LogP contribution in [-0.2, 0) is 22.4 Å². The molecule has 0 unspecified atom stereocenters. The van der Waals surface area contributed by atoms with E-state index >= 15 is 0 Å². The number of fused-ring (bicyclic) bond motifs is 1. The van der Waals surface area contributed by atoms with E-state index in [4.69, 9.17) is 28.9 Å². The lowest BCUT2D eigenvalue weighted by molar-refractivity contribution is 0.0519. The number of ether oxygens (including phenoxy) is 4. The molecule has 0 saturated heterocycles. The monoisotopic (exact) mass is 613 g/mol. The number of methoxy groups -OCH3 is 2. The molecule has 0 saturated carbocycles. The first-order valence-electron chi connectivity index (χ1n) is 14.9.